The predicted molar refractivity (Wildman–Crippen MR) is 94.6 cm³/mol. The quantitative estimate of drug-likeness (QED) is 0.527. The van der Waals surface area contributed by atoms with Crippen LogP contribution < -0.4 is 0 Å². The molecule has 4 bridgehead atoms. The maximum absolute atomic E-state index is 12.4. The van der Waals surface area contributed by atoms with Gasteiger partial charge in [-0.1, -0.05) is 22.4 Å². The molecule has 5 fully saturated rings. The summed E-state index contributed by atoms with van der Waals surface area (Å²) >= 11 is 4.03. The topological polar surface area (TPSA) is 29.5 Å². The van der Waals surface area contributed by atoms with Gasteiger partial charge in [-0.3, -0.25) is 9.69 Å². The fourth-order valence-electron chi connectivity index (χ4n) is 6.37. The van der Waals surface area contributed by atoms with Crippen LogP contribution in [0.25, 0.3) is 0 Å². The van der Waals surface area contributed by atoms with Gasteiger partial charge in [0.15, 0.2) is 0 Å². The molecule has 4 saturated carbocycles. The average Bonchev–Trinajstić information content (AvgIpc) is 2.45. The van der Waals surface area contributed by atoms with Crippen LogP contribution in [0, 0.1) is 17.3 Å². The van der Waals surface area contributed by atoms with E-state index in [1.54, 1.807) is 0 Å². The third-order valence-electron chi connectivity index (χ3n) is 6.75. The molecule has 5 rings (SSSR count). The van der Waals surface area contributed by atoms with Crippen LogP contribution in [0.5, 0.6) is 0 Å². The second-order valence-electron chi connectivity index (χ2n) is 8.91. The molecule has 0 amide bonds. The molecule has 0 spiro atoms. The summed E-state index contributed by atoms with van der Waals surface area (Å²) in [6, 6.07) is 0. The van der Waals surface area contributed by atoms with Crippen LogP contribution in [-0.2, 0) is 9.53 Å². The Balaban J connectivity index is 1.27. The Morgan fingerprint density at radius 2 is 1.78 bits per heavy atom. The summed E-state index contributed by atoms with van der Waals surface area (Å²) in [4.78, 5) is 14.9. The summed E-state index contributed by atoms with van der Waals surface area (Å²) in [6.45, 7) is 3.86. The van der Waals surface area contributed by atoms with Crippen LogP contribution in [0.1, 0.15) is 64.2 Å². The lowest BCUT2D eigenvalue weighted by atomic mass is 9.49. The number of esters is 1. The van der Waals surface area contributed by atoms with Crippen molar-refractivity contribution in [1.82, 2.24) is 4.90 Å². The Labute approximate surface area is 148 Å². The van der Waals surface area contributed by atoms with E-state index in [1.807, 2.05) is 0 Å². The van der Waals surface area contributed by atoms with E-state index in [0.717, 1.165) is 18.4 Å². The number of alkyl halides is 1. The SMILES string of the molecule is O=C(CC12C[C@H]3C[C@@H](CC(Br)(C3)C1)C2)OCCN1CCCCC1. The summed E-state index contributed by atoms with van der Waals surface area (Å²) in [7, 11) is 0. The molecule has 0 aromatic heterocycles. The van der Waals surface area contributed by atoms with Gasteiger partial charge < -0.3 is 4.74 Å². The first-order valence-corrected chi connectivity index (χ1v) is 10.4. The number of halogens is 1. The van der Waals surface area contributed by atoms with Crippen molar-refractivity contribution >= 4 is 21.9 Å². The minimum absolute atomic E-state index is 0.0556. The third-order valence-corrected chi connectivity index (χ3v) is 7.68. The van der Waals surface area contributed by atoms with Gasteiger partial charge in [-0.05, 0) is 81.7 Å². The molecule has 4 aliphatic carbocycles. The molecular weight excluding hydrogens is 354 g/mol. The van der Waals surface area contributed by atoms with Crippen molar-refractivity contribution in [2.45, 2.75) is 68.5 Å². The highest BCUT2D eigenvalue weighted by Crippen LogP contribution is 2.65. The first-order chi connectivity index (χ1) is 11.0. The molecule has 1 aliphatic heterocycles. The Hall–Kier alpha value is -0.0900. The molecule has 0 aromatic rings. The standard InChI is InChI=1S/C19H30BrNO2/c20-19-11-15-8-16(12-19)10-18(9-15,14-19)13-17(22)23-7-6-21-4-2-1-3-5-21/h15-16H,1-14H2/t15-,16-,18?,19?/m1/s1. The molecule has 0 radical (unpaired) electrons. The summed E-state index contributed by atoms with van der Waals surface area (Å²) in [5, 5.41) is 0. The predicted octanol–water partition coefficient (Wildman–Crippen LogP) is 4.14. The van der Waals surface area contributed by atoms with Crippen LogP contribution in [0.2, 0.25) is 0 Å². The van der Waals surface area contributed by atoms with Crippen molar-refractivity contribution in [3.05, 3.63) is 0 Å². The highest BCUT2D eigenvalue weighted by molar-refractivity contribution is 9.10. The van der Waals surface area contributed by atoms with Crippen LogP contribution in [0.15, 0.2) is 0 Å². The molecule has 4 heteroatoms. The lowest BCUT2D eigenvalue weighted by Gasteiger charge is -2.60. The number of rotatable bonds is 5. The maximum Gasteiger partial charge on any atom is 0.306 e. The van der Waals surface area contributed by atoms with Crippen LogP contribution in [0.4, 0.5) is 0 Å². The zero-order chi connectivity index (χ0) is 15.9. The van der Waals surface area contributed by atoms with Crippen molar-refractivity contribution in [3.63, 3.8) is 0 Å². The van der Waals surface area contributed by atoms with E-state index in [1.165, 1.54) is 70.9 Å². The lowest BCUT2D eigenvalue weighted by molar-refractivity contribution is -0.151. The first-order valence-electron chi connectivity index (χ1n) is 9.61. The van der Waals surface area contributed by atoms with E-state index < -0.39 is 0 Å². The highest BCUT2D eigenvalue weighted by atomic mass is 79.9. The number of ether oxygens (including phenoxy) is 1. The third kappa shape index (κ3) is 3.63. The molecule has 1 heterocycles. The molecule has 130 valence electrons. The number of carbonyl (C=O) groups excluding carboxylic acids is 1. The smallest absolute Gasteiger partial charge is 0.306 e. The minimum Gasteiger partial charge on any atom is -0.464 e. The molecule has 1 saturated heterocycles. The van der Waals surface area contributed by atoms with Gasteiger partial charge >= 0.3 is 5.97 Å². The average molecular weight is 384 g/mol. The van der Waals surface area contributed by atoms with Crippen LogP contribution >= 0.6 is 15.9 Å². The van der Waals surface area contributed by atoms with E-state index in [0.29, 0.717) is 17.4 Å². The lowest BCUT2D eigenvalue weighted by Crippen LogP contribution is -2.53. The van der Waals surface area contributed by atoms with E-state index in [4.69, 9.17) is 4.74 Å². The normalized spacial score (nSPS) is 42.8. The number of nitrogens with zero attached hydrogens (tertiary/aromatic N) is 1. The van der Waals surface area contributed by atoms with E-state index >= 15 is 0 Å². The van der Waals surface area contributed by atoms with E-state index in [-0.39, 0.29) is 11.4 Å². The minimum atomic E-state index is 0.0556. The molecule has 0 aromatic carbocycles. The molecule has 5 aliphatic rings. The molecule has 2 atom stereocenters. The fourth-order valence-corrected chi connectivity index (χ4v) is 7.88. The number of hydrogen-bond donors (Lipinski definition) is 0. The Morgan fingerprint density at radius 3 is 2.43 bits per heavy atom. The number of likely N-dealkylation sites (tertiary alicyclic amines) is 1. The van der Waals surface area contributed by atoms with E-state index in [2.05, 4.69) is 20.8 Å². The van der Waals surface area contributed by atoms with Gasteiger partial charge in [0.05, 0.1) is 6.42 Å². The summed E-state index contributed by atoms with van der Waals surface area (Å²) in [6.07, 6.45) is 12.4. The van der Waals surface area contributed by atoms with Crippen LogP contribution in [-0.4, -0.2) is 41.4 Å². The molecule has 0 unspecified atom stereocenters. The van der Waals surface area contributed by atoms with Crippen molar-refractivity contribution in [1.29, 1.82) is 0 Å². The fraction of sp³-hybridized carbons (Fsp3) is 0.947. The van der Waals surface area contributed by atoms with Gasteiger partial charge in [-0.2, -0.15) is 0 Å². The monoisotopic (exact) mass is 383 g/mol. The Bertz CT molecular complexity index is 446. The summed E-state index contributed by atoms with van der Waals surface area (Å²) < 4.78 is 5.96. The second kappa shape index (κ2) is 6.33. The molecule has 23 heavy (non-hydrogen) atoms. The zero-order valence-electron chi connectivity index (χ0n) is 14.2. The largest absolute Gasteiger partial charge is 0.464 e. The van der Waals surface area contributed by atoms with Gasteiger partial charge in [0.1, 0.15) is 6.61 Å². The first kappa shape index (κ1) is 16.4. The van der Waals surface area contributed by atoms with Crippen molar-refractivity contribution in [2.24, 2.45) is 17.3 Å². The molecule has 3 nitrogen and oxygen atoms in total. The van der Waals surface area contributed by atoms with Gasteiger partial charge in [-0.25, -0.2) is 0 Å². The molecular formula is C19H30BrNO2. The van der Waals surface area contributed by atoms with Gasteiger partial charge in [-0.15, -0.1) is 0 Å². The number of carbonyl (C=O) groups is 1. The number of hydrogen-bond acceptors (Lipinski definition) is 3. The highest BCUT2D eigenvalue weighted by Gasteiger charge is 2.57. The maximum atomic E-state index is 12.4. The zero-order valence-corrected chi connectivity index (χ0v) is 15.8. The summed E-state index contributed by atoms with van der Waals surface area (Å²) in [5.74, 6) is 1.74. The molecule has 0 N–H and O–H groups in total. The van der Waals surface area contributed by atoms with Gasteiger partial charge in [0.2, 0.25) is 0 Å². The van der Waals surface area contributed by atoms with Gasteiger partial charge in [0.25, 0.3) is 0 Å². The van der Waals surface area contributed by atoms with Crippen LogP contribution in [0.3, 0.4) is 0 Å². The number of piperidine rings is 1. The summed E-state index contributed by atoms with van der Waals surface area (Å²) in [5.41, 5.74) is 0.246. The Kier molecular flexibility index (Phi) is 4.51. The van der Waals surface area contributed by atoms with E-state index in [9.17, 15) is 4.79 Å². The van der Waals surface area contributed by atoms with Gasteiger partial charge in [0, 0.05) is 10.9 Å². The Morgan fingerprint density at radius 1 is 1.09 bits per heavy atom. The van der Waals surface area contributed by atoms with Crippen molar-refractivity contribution in [3.8, 4) is 0 Å². The second-order valence-corrected chi connectivity index (χ2v) is 10.6. The van der Waals surface area contributed by atoms with Crippen molar-refractivity contribution in [2.75, 3.05) is 26.2 Å². The van der Waals surface area contributed by atoms with Crippen molar-refractivity contribution < 1.29 is 9.53 Å².